The molecule has 0 saturated heterocycles. The number of rotatable bonds is 7. The van der Waals surface area contributed by atoms with E-state index in [1.807, 2.05) is 0 Å². The van der Waals surface area contributed by atoms with Crippen molar-refractivity contribution >= 4 is 0 Å². The summed E-state index contributed by atoms with van der Waals surface area (Å²) in [7, 11) is 0. The average Bonchev–Trinajstić information content (AvgIpc) is 2.70. The number of imidazole rings is 1. The molecular formula is C11H20N2O. The van der Waals surface area contributed by atoms with Crippen molar-refractivity contribution in [3.63, 3.8) is 0 Å². The first kappa shape index (κ1) is 11.2. The van der Waals surface area contributed by atoms with Crippen LogP contribution in [-0.4, -0.2) is 15.1 Å². The number of hydrogen-bond acceptors (Lipinski definition) is 2. The number of aliphatic hydroxyl groups excluding tert-OH is 1. The van der Waals surface area contributed by atoms with E-state index in [-0.39, 0.29) is 0 Å². The van der Waals surface area contributed by atoms with Gasteiger partial charge in [0.1, 0.15) is 11.9 Å². The molecule has 2 N–H and O–H groups in total. The molecule has 0 saturated carbocycles. The monoisotopic (exact) mass is 196 g/mol. The maximum absolute atomic E-state index is 9.67. The Kier molecular flexibility index (Phi) is 5.30. The Bertz CT molecular complexity index is 221. The molecule has 0 spiro atoms. The second kappa shape index (κ2) is 6.60. The van der Waals surface area contributed by atoms with Crippen LogP contribution in [-0.2, 0) is 0 Å². The Morgan fingerprint density at radius 3 is 2.79 bits per heavy atom. The van der Waals surface area contributed by atoms with Gasteiger partial charge in [0.25, 0.3) is 0 Å². The lowest BCUT2D eigenvalue weighted by Crippen LogP contribution is -1.99. The maximum Gasteiger partial charge on any atom is 0.134 e. The van der Waals surface area contributed by atoms with Crippen molar-refractivity contribution in [1.82, 2.24) is 9.97 Å². The van der Waals surface area contributed by atoms with Gasteiger partial charge in [-0.05, 0) is 6.42 Å². The van der Waals surface area contributed by atoms with Gasteiger partial charge >= 0.3 is 0 Å². The van der Waals surface area contributed by atoms with E-state index in [4.69, 9.17) is 0 Å². The van der Waals surface area contributed by atoms with E-state index in [0.29, 0.717) is 5.82 Å². The molecule has 1 unspecified atom stereocenters. The van der Waals surface area contributed by atoms with E-state index in [2.05, 4.69) is 16.9 Å². The van der Waals surface area contributed by atoms with Gasteiger partial charge in [-0.2, -0.15) is 0 Å². The maximum atomic E-state index is 9.67. The van der Waals surface area contributed by atoms with Gasteiger partial charge in [0, 0.05) is 12.4 Å². The van der Waals surface area contributed by atoms with Crippen molar-refractivity contribution in [2.75, 3.05) is 0 Å². The molecule has 0 radical (unpaired) electrons. The zero-order valence-electron chi connectivity index (χ0n) is 8.87. The first-order valence-corrected chi connectivity index (χ1v) is 5.52. The zero-order valence-corrected chi connectivity index (χ0v) is 8.87. The summed E-state index contributed by atoms with van der Waals surface area (Å²) < 4.78 is 0. The standard InChI is InChI=1S/C11H20N2O/c1-2-3-4-5-6-7-10(14)11-12-8-9-13-11/h8-10,14H,2-7H2,1H3,(H,12,13). The third-order valence-electron chi connectivity index (χ3n) is 2.42. The lowest BCUT2D eigenvalue weighted by molar-refractivity contribution is 0.154. The normalized spacial score (nSPS) is 13.0. The van der Waals surface area contributed by atoms with Crippen molar-refractivity contribution in [2.45, 2.75) is 51.6 Å². The fourth-order valence-corrected chi connectivity index (χ4v) is 1.54. The SMILES string of the molecule is CCCCCCCC(O)c1ncc[nH]1. The molecule has 0 aliphatic heterocycles. The van der Waals surface area contributed by atoms with Gasteiger partial charge in [0.05, 0.1) is 0 Å². The van der Waals surface area contributed by atoms with Gasteiger partial charge in [0.2, 0.25) is 0 Å². The fourth-order valence-electron chi connectivity index (χ4n) is 1.54. The topological polar surface area (TPSA) is 48.9 Å². The molecule has 3 heteroatoms. The Hall–Kier alpha value is -0.830. The van der Waals surface area contributed by atoms with Gasteiger partial charge in [0.15, 0.2) is 0 Å². The van der Waals surface area contributed by atoms with E-state index in [0.717, 1.165) is 12.8 Å². The number of unbranched alkanes of at least 4 members (excludes halogenated alkanes) is 4. The van der Waals surface area contributed by atoms with Crippen LogP contribution in [0.5, 0.6) is 0 Å². The molecule has 0 fully saturated rings. The summed E-state index contributed by atoms with van der Waals surface area (Å²) in [5.41, 5.74) is 0. The summed E-state index contributed by atoms with van der Waals surface area (Å²) in [6.07, 6.45) is 9.97. The van der Waals surface area contributed by atoms with Crippen LogP contribution in [0.15, 0.2) is 12.4 Å². The van der Waals surface area contributed by atoms with E-state index in [9.17, 15) is 5.11 Å². The molecule has 0 amide bonds. The highest BCUT2D eigenvalue weighted by Gasteiger charge is 2.08. The Morgan fingerprint density at radius 2 is 2.14 bits per heavy atom. The molecule has 3 nitrogen and oxygen atoms in total. The van der Waals surface area contributed by atoms with Crippen molar-refractivity contribution in [1.29, 1.82) is 0 Å². The van der Waals surface area contributed by atoms with Crippen LogP contribution in [0.2, 0.25) is 0 Å². The highest BCUT2D eigenvalue weighted by atomic mass is 16.3. The van der Waals surface area contributed by atoms with Gasteiger partial charge in [-0.25, -0.2) is 4.98 Å². The summed E-state index contributed by atoms with van der Waals surface area (Å²) in [6.45, 7) is 2.21. The minimum absolute atomic E-state index is 0.411. The number of aliphatic hydroxyl groups is 1. The van der Waals surface area contributed by atoms with E-state index in [1.165, 1.54) is 25.7 Å². The van der Waals surface area contributed by atoms with Gasteiger partial charge < -0.3 is 10.1 Å². The lowest BCUT2D eigenvalue weighted by Gasteiger charge is -2.06. The highest BCUT2D eigenvalue weighted by molar-refractivity contribution is 4.91. The number of H-pyrrole nitrogens is 1. The molecule has 1 aromatic rings. The summed E-state index contributed by atoms with van der Waals surface area (Å²) in [4.78, 5) is 6.95. The Balaban J connectivity index is 2.07. The molecule has 0 aliphatic carbocycles. The quantitative estimate of drug-likeness (QED) is 0.659. The number of nitrogens with one attached hydrogen (secondary N) is 1. The fraction of sp³-hybridized carbons (Fsp3) is 0.727. The number of aromatic amines is 1. The predicted molar refractivity (Wildman–Crippen MR) is 56.9 cm³/mol. The van der Waals surface area contributed by atoms with Crippen LogP contribution in [0.1, 0.15) is 57.4 Å². The molecular weight excluding hydrogens is 176 g/mol. The second-order valence-corrected chi connectivity index (χ2v) is 3.69. The van der Waals surface area contributed by atoms with Gasteiger partial charge in [-0.15, -0.1) is 0 Å². The average molecular weight is 196 g/mol. The number of nitrogens with zero attached hydrogens (tertiary/aromatic N) is 1. The number of hydrogen-bond donors (Lipinski definition) is 2. The van der Waals surface area contributed by atoms with E-state index < -0.39 is 6.10 Å². The number of aromatic nitrogens is 2. The van der Waals surface area contributed by atoms with E-state index in [1.54, 1.807) is 12.4 Å². The molecule has 1 heterocycles. The first-order valence-electron chi connectivity index (χ1n) is 5.52. The minimum Gasteiger partial charge on any atom is -0.385 e. The smallest absolute Gasteiger partial charge is 0.134 e. The van der Waals surface area contributed by atoms with Crippen LogP contribution in [0, 0.1) is 0 Å². The Morgan fingerprint density at radius 1 is 1.36 bits per heavy atom. The van der Waals surface area contributed by atoms with Crippen LogP contribution in [0.3, 0.4) is 0 Å². The molecule has 1 atom stereocenters. The van der Waals surface area contributed by atoms with Crippen LogP contribution in [0.4, 0.5) is 0 Å². The molecule has 0 bridgehead atoms. The van der Waals surface area contributed by atoms with Gasteiger partial charge in [-0.3, -0.25) is 0 Å². The Labute approximate surface area is 85.6 Å². The highest BCUT2D eigenvalue weighted by Crippen LogP contribution is 2.16. The molecule has 0 aliphatic rings. The van der Waals surface area contributed by atoms with Crippen LogP contribution >= 0.6 is 0 Å². The van der Waals surface area contributed by atoms with Crippen molar-refractivity contribution in [2.24, 2.45) is 0 Å². The summed E-state index contributed by atoms with van der Waals surface area (Å²) in [6, 6.07) is 0. The molecule has 80 valence electrons. The summed E-state index contributed by atoms with van der Waals surface area (Å²) in [5.74, 6) is 0.695. The first-order chi connectivity index (χ1) is 6.84. The minimum atomic E-state index is -0.411. The van der Waals surface area contributed by atoms with Crippen molar-refractivity contribution in [3.8, 4) is 0 Å². The van der Waals surface area contributed by atoms with Crippen molar-refractivity contribution < 1.29 is 5.11 Å². The molecule has 1 aromatic heterocycles. The van der Waals surface area contributed by atoms with Crippen molar-refractivity contribution in [3.05, 3.63) is 18.2 Å². The molecule has 14 heavy (non-hydrogen) atoms. The second-order valence-electron chi connectivity index (χ2n) is 3.69. The lowest BCUT2D eigenvalue weighted by atomic mass is 10.1. The van der Waals surface area contributed by atoms with Crippen LogP contribution in [0.25, 0.3) is 0 Å². The predicted octanol–water partition coefficient (Wildman–Crippen LogP) is 2.80. The third kappa shape index (κ3) is 3.92. The zero-order chi connectivity index (χ0) is 10.2. The summed E-state index contributed by atoms with van der Waals surface area (Å²) in [5, 5.41) is 9.67. The van der Waals surface area contributed by atoms with E-state index >= 15 is 0 Å². The molecule has 1 rings (SSSR count). The van der Waals surface area contributed by atoms with Gasteiger partial charge in [-0.1, -0.05) is 39.0 Å². The molecule has 0 aromatic carbocycles. The largest absolute Gasteiger partial charge is 0.385 e. The third-order valence-corrected chi connectivity index (χ3v) is 2.42. The summed E-state index contributed by atoms with van der Waals surface area (Å²) >= 11 is 0. The van der Waals surface area contributed by atoms with Crippen LogP contribution < -0.4 is 0 Å².